The van der Waals surface area contributed by atoms with Crippen LogP contribution in [0.15, 0.2) is 53.8 Å². The topological polar surface area (TPSA) is 91.3 Å². The summed E-state index contributed by atoms with van der Waals surface area (Å²) < 4.78 is 13.9. The third-order valence-electron chi connectivity index (χ3n) is 7.84. The quantitative estimate of drug-likeness (QED) is 0.158. The second-order valence-corrected chi connectivity index (χ2v) is 12.7. The number of nitrogens with zero attached hydrogens (tertiary/aromatic N) is 4. The molecule has 2 aromatic carbocycles. The van der Waals surface area contributed by atoms with Crippen LogP contribution in [0.2, 0.25) is 10.0 Å². The van der Waals surface area contributed by atoms with E-state index in [1.807, 2.05) is 17.1 Å². The van der Waals surface area contributed by atoms with Crippen LogP contribution in [0.4, 0.5) is 21.5 Å². The monoisotopic (exact) mass is 636 g/mol. The minimum absolute atomic E-state index is 0.0207. The number of fused-ring (bicyclic) bond motifs is 2. The van der Waals surface area contributed by atoms with Crippen LogP contribution in [0.3, 0.4) is 0 Å². The second-order valence-electron chi connectivity index (χ2n) is 10.9. The molecule has 0 amide bonds. The molecule has 43 heavy (non-hydrogen) atoms. The minimum atomic E-state index is -0.522. The SMILES string of the molecule is CCN1CCc2c([C@H](Nc3cc(Cl)c4ncc(C#N)c(Nc5ccc(F)c(Cl)c5)c4c3)C3=CN(C(C)C)NN3)csc2C1. The van der Waals surface area contributed by atoms with Gasteiger partial charge in [-0.15, -0.1) is 16.9 Å². The lowest BCUT2D eigenvalue weighted by molar-refractivity contribution is 0.220. The predicted octanol–water partition coefficient (Wildman–Crippen LogP) is 7.46. The number of pyridine rings is 1. The van der Waals surface area contributed by atoms with Gasteiger partial charge in [0.2, 0.25) is 0 Å². The van der Waals surface area contributed by atoms with Crippen molar-refractivity contribution in [3.05, 3.63) is 91.2 Å². The smallest absolute Gasteiger partial charge is 0.141 e. The molecule has 4 aromatic rings. The Hall–Kier alpha value is -3.59. The Labute approximate surface area is 264 Å². The van der Waals surface area contributed by atoms with E-state index in [9.17, 15) is 9.65 Å². The summed E-state index contributed by atoms with van der Waals surface area (Å²) in [6.45, 7) is 9.45. The number of nitriles is 1. The van der Waals surface area contributed by atoms with Crippen molar-refractivity contribution in [1.29, 1.82) is 5.26 Å². The molecule has 0 radical (unpaired) electrons. The maximum atomic E-state index is 13.9. The number of hydrogen-bond acceptors (Lipinski definition) is 9. The summed E-state index contributed by atoms with van der Waals surface area (Å²) >= 11 is 14.7. The van der Waals surface area contributed by atoms with Crippen LogP contribution in [0.1, 0.15) is 48.4 Å². The highest BCUT2D eigenvalue weighted by atomic mass is 35.5. The first kappa shape index (κ1) is 29.5. The molecule has 0 unspecified atom stereocenters. The van der Waals surface area contributed by atoms with Gasteiger partial charge in [0.05, 0.1) is 38.6 Å². The maximum Gasteiger partial charge on any atom is 0.141 e. The van der Waals surface area contributed by atoms with Gasteiger partial charge in [0.25, 0.3) is 0 Å². The van der Waals surface area contributed by atoms with Gasteiger partial charge in [0, 0.05) is 53.2 Å². The lowest BCUT2D eigenvalue weighted by Crippen LogP contribution is -2.41. The van der Waals surface area contributed by atoms with E-state index in [0.717, 1.165) is 37.4 Å². The fraction of sp³-hybridized carbons (Fsp3) is 0.290. The Morgan fingerprint density at radius 1 is 1.19 bits per heavy atom. The largest absolute Gasteiger partial charge is 0.373 e. The Bertz CT molecular complexity index is 1770. The molecule has 12 heteroatoms. The Balaban J connectivity index is 1.43. The molecular weight excluding hydrogens is 606 g/mol. The van der Waals surface area contributed by atoms with Crippen molar-refractivity contribution < 1.29 is 4.39 Å². The summed E-state index contributed by atoms with van der Waals surface area (Å²) in [6, 6.07) is 10.4. The number of anilines is 3. The number of hydrogen-bond donors (Lipinski definition) is 4. The van der Waals surface area contributed by atoms with Gasteiger partial charge in [-0.25, -0.2) is 4.39 Å². The molecule has 222 valence electrons. The molecule has 0 bridgehead atoms. The van der Waals surface area contributed by atoms with Gasteiger partial charge in [-0.1, -0.05) is 30.1 Å². The summed E-state index contributed by atoms with van der Waals surface area (Å²) in [4.78, 5) is 8.34. The van der Waals surface area contributed by atoms with Crippen molar-refractivity contribution in [1.82, 2.24) is 25.9 Å². The summed E-state index contributed by atoms with van der Waals surface area (Å²) in [5.41, 5.74) is 12.9. The first-order valence-electron chi connectivity index (χ1n) is 14.1. The zero-order valence-corrected chi connectivity index (χ0v) is 26.3. The first-order valence-corrected chi connectivity index (χ1v) is 15.7. The van der Waals surface area contributed by atoms with Crippen molar-refractivity contribution in [2.75, 3.05) is 23.7 Å². The minimum Gasteiger partial charge on any atom is -0.373 e. The van der Waals surface area contributed by atoms with E-state index < -0.39 is 5.82 Å². The summed E-state index contributed by atoms with van der Waals surface area (Å²) in [5, 5.41) is 22.3. The average molecular weight is 638 g/mol. The Kier molecular flexibility index (Phi) is 8.36. The number of rotatable bonds is 8. The van der Waals surface area contributed by atoms with Crippen molar-refractivity contribution in [3.8, 4) is 6.07 Å². The van der Waals surface area contributed by atoms with Gasteiger partial charge in [0.15, 0.2) is 0 Å². The van der Waals surface area contributed by atoms with Crippen molar-refractivity contribution in [3.63, 3.8) is 0 Å². The van der Waals surface area contributed by atoms with Gasteiger partial charge in [-0.2, -0.15) is 5.26 Å². The zero-order chi connectivity index (χ0) is 30.2. The predicted molar refractivity (Wildman–Crippen MR) is 173 cm³/mol. The van der Waals surface area contributed by atoms with E-state index in [0.29, 0.717) is 32.9 Å². The normalized spacial score (nSPS) is 15.7. The molecule has 0 fully saturated rings. The molecule has 4 N–H and O–H groups in total. The van der Waals surface area contributed by atoms with Crippen LogP contribution >= 0.6 is 34.5 Å². The molecule has 4 heterocycles. The molecule has 0 aliphatic carbocycles. The van der Waals surface area contributed by atoms with E-state index in [-0.39, 0.29) is 17.1 Å². The zero-order valence-electron chi connectivity index (χ0n) is 23.9. The molecule has 6 rings (SSSR count). The lowest BCUT2D eigenvalue weighted by Gasteiger charge is -2.28. The third-order valence-corrected chi connectivity index (χ3v) is 9.45. The summed E-state index contributed by atoms with van der Waals surface area (Å²) in [5.74, 6) is -0.522. The highest BCUT2D eigenvalue weighted by Gasteiger charge is 2.29. The molecule has 2 aliphatic rings. The van der Waals surface area contributed by atoms with E-state index >= 15 is 0 Å². The van der Waals surface area contributed by atoms with Crippen LogP contribution < -0.4 is 21.6 Å². The average Bonchev–Trinajstić information content (AvgIpc) is 3.66. The molecule has 0 saturated heterocycles. The van der Waals surface area contributed by atoms with Gasteiger partial charge in [-0.05, 0) is 73.7 Å². The first-order chi connectivity index (χ1) is 20.7. The van der Waals surface area contributed by atoms with Crippen molar-refractivity contribution in [2.24, 2.45) is 0 Å². The molecule has 0 saturated carbocycles. The van der Waals surface area contributed by atoms with Gasteiger partial charge < -0.3 is 16.1 Å². The Morgan fingerprint density at radius 2 is 2.00 bits per heavy atom. The summed E-state index contributed by atoms with van der Waals surface area (Å²) in [6.07, 6.45) is 4.56. The lowest BCUT2D eigenvalue weighted by atomic mass is 9.96. The number of aromatic nitrogens is 1. The molecule has 0 spiro atoms. The molecule has 2 aliphatic heterocycles. The summed E-state index contributed by atoms with van der Waals surface area (Å²) in [7, 11) is 0. The van der Waals surface area contributed by atoms with E-state index in [1.54, 1.807) is 17.4 Å². The van der Waals surface area contributed by atoms with Gasteiger partial charge in [0.1, 0.15) is 11.9 Å². The van der Waals surface area contributed by atoms with Crippen LogP contribution in [0.25, 0.3) is 10.9 Å². The number of thiophene rings is 1. The number of halogens is 3. The maximum absolute atomic E-state index is 13.9. The van der Waals surface area contributed by atoms with Gasteiger partial charge >= 0.3 is 0 Å². The molecule has 2 aromatic heterocycles. The van der Waals surface area contributed by atoms with E-state index in [4.69, 9.17) is 23.2 Å². The van der Waals surface area contributed by atoms with Gasteiger partial charge in [-0.3, -0.25) is 14.9 Å². The van der Waals surface area contributed by atoms with Crippen LogP contribution in [0.5, 0.6) is 0 Å². The standard InChI is InChI=1S/C31H31Cl2FN8S/c1-4-41-8-7-21-23(16-43-28(21)15-41)31(27-14-42(17(2)3)40-39-27)38-20-9-22-29(37-19-5-6-26(34)24(32)10-19)18(12-35)13-36-30(22)25(33)11-20/h5-6,9-11,13-14,16-17,31,38-40H,4,7-8,15H2,1-3H3,(H,36,37)/t31-/m0/s1. The highest BCUT2D eigenvalue weighted by molar-refractivity contribution is 7.10. The number of nitrogens with one attached hydrogen (secondary N) is 4. The van der Waals surface area contributed by atoms with Crippen LogP contribution in [0, 0.1) is 17.1 Å². The van der Waals surface area contributed by atoms with Crippen molar-refractivity contribution >= 4 is 62.5 Å². The second kappa shape index (κ2) is 12.2. The fourth-order valence-corrected chi connectivity index (χ4v) is 7.07. The molecular formula is C31H31Cl2FN8S. The van der Waals surface area contributed by atoms with E-state index in [2.05, 4.69) is 69.9 Å². The van der Waals surface area contributed by atoms with E-state index in [1.165, 1.54) is 34.3 Å². The van der Waals surface area contributed by atoms with Crippen LogP contribution in [-0.2, 0) is 13.0 Å². The number of benzene rings is 2. The highest BCUT2D eigenvalue weighted by Crippen LogP contribution is 2.40. The van der Waals surface area contributed by atoms with Crippen LogP contribution in [-0.4, -0.2) is 34.0 Å². The molecule has 1 atom stereocenters. The fourth-order valence-electron chi connectivity index (χ4n) is 5.46. The Morgan fingerprint density at radius 3 is 2.72 bits per heavy atom. The van der Waals surface area contributed by atoms with Crippen molar-refractivity contribution in [2.45, 2.75) is 45.8 Å². The molecule has 8 nitrogen and oxygen atoms in total. The third kappa shape index (κ3) is 5.84. The number of hydrazine groups is 2. The number of likely N-dealkylation sites (N-methyl/N-ethyl adjacent to an activating group) is 1.